The molecule has 28 heavy (non-hydrogen) atoms. The fourth-order valence-corrected chi connectivity index (χ4v) is 4.30. The van der Waals surface area contributed by atoms with E-state index in [1.807, 2.05) is 4.90 Å². The molecule has 0 bridgehead atoms. The summed E-state index contributed by atoms with van der Waals surface area (Å²) in [5.41, 5.74) is 2.34. The van der Waals surface area contributed by atoms with Gasteiger partial charge in [-0.25, -0.2) is 4.79 Å². The Morgan fingerprint density at radius 2 is 1.82 bits per heavy atom. The number of nitrogens with one attached hydrogen (secondary N) is 1. The van der Waals surface area contributed by atoms with E-state index in [0.29, 0.717) is 19.0 Å². The largest absolute Gasteiger partial charge is 0.341 e. The first-order chi connectivity index (χ1) is 13.6. The molecule has 2 saturated heterocycles. The third-order valence-corrected chi connectivity index (χ3v) is 6.27. The molecule has 1 saturated carbocycles. The van der Waals surface area contributed by atoms with Crippen molar-refractivity contribution in [3.8, 4) is 0 Å². The average molecular weight is 385 g/mol. The molecule has 1 aromatic rings. The number of rotatable bonds is 5. The van der Waals surface area contributed by atoms with Gasteiger partial charge < -0.3 is 15.1 Å². The van der Waals surface area contributed by atoms with Crippen molar-refractivity contribution in [1.29, 1.82) is 0 Å². The summed E-state index contributed by atoms with van der Waals surface area (Å²) in [6.07, 6.45) is 4.42. The van der Waals surface area contributed by atoms with Crippen LogP contribution in [-0.4, -0.2) is 71.9 Å². The Hall–Kier alpha value is -2.08. The minimum Gasteiger partial charge on any atom is -0.341 e. The van der Waals surface area contributed by atoms with Crippen molar-refractivity contribution in [3.63, 3.8) is 0 Å². The minimum absolute atomic E-state index is 0.00414. The summed E-state index contributed by atoms with van der Waals surface area (Å²) in [5.74, 6) is 1.06. The Labute approximate surface area is 167 Å². The van der Waals surface area contributed by atoms with Crippen LogP contribution in [0.3, 0.4) is 0 Å². The van der Waals surface area contributed by atoms with Gasteiger partial charge >= 0.3 is 6.03 Å². The predicted molar refractivity (Wildman–Crippen MR) is 109 cm³/mol. The van der Waals surface area contributed by atoms with Crippen LogP contribution in [0.25, 0.3) is 0 Å². The number of benzene rings is 1. The van der Waals surface area contributed by atoms with Gasteiger partial charge in [0, 0.05) is 45.8 Å². The number of hydrogen-bond donors (Lipinski definition) is 1. The summed E-state index contributed by atoms with van der Waals surface area (Å²) in [6, 6.07) is 8.26. The van der Waals surface area contributed by atoms with Gasteiger partial charge in [0.1, 0.15) is 0 Å². The Balaban J connectivity index is 1.25. The third-order valence-electron chi connectivity index (χ3n) is 6.27. The molecule has 6 heteroatoms. The maximum Gasteiger partial charge on any atom is 0.317 e. The second-order valence-electron chi connectivity index (χ2n) is 8.55. The molecular weight excluding hydrogens is 352 g/mol. The van der Waals surface area contributed by atoms with Crippen molar-refractivity contribution in [3.05, 3.63) is 35.4 Å². The number of carbonyl (C=O) groups excluding carboxylic acids is 2. The van der Waals surface area contributed by atoms with Gasteiger partial charge in [-0.1, -0.05) is 29.8 Å². The molecule has 0 radical (unpaired) electrons. The first-order valence-electron chi connectivity index (χ1n) is 10.7. The van der Waals surface area contributed by atoms with Crippen molar-refractivity contribution in [2.45, 2.75) is 45.2 Å². The number of amides is 3. The lowest BCUT2D eigenvalue weighted by Crippen LogP contribution is -2.45. The van der Waals surface area contributed by atoms with Gasteiger partial charge in [0.15, 0.2) is 0 Å². The average Bonchev–Trinajstić information content (AvgIpc) is 3.48. The van der Waals surface area contributed by atoms with E-state index in [9.17, 15) is 9.59 Å². The van der Waals surface area contributed by atoms with Crippen molar-refractivity contribution >= 4 is 11.9 Å². The highest BCUT2D eigenvalue weighted by Crippen LogP contribution is 2.31. The van der Waals surface area contributed by atoms with Crippen LogP contribution in [0.4, 0.5) is 4.79 Å². The van der Waals surface area contributed by atoms with Crippen LogP contribution in [0.1, 0.15) is 36.8 Å². The van der Waals surface area contributed by atoms with E-state index in [0.717, 1.165) is 57.0 Å². The van der Waals surface area contributed by atoms with E-state index in [2.05, 4.69) is 46.3 Å². The summed E-state index contributed by atoms with van der Waals surface area (Å²) in [6.45, 7) is 7.59. The maximum atomic E-state index is 12.8. The molecule has 4 rings (SSSR count). The Kier molecular flexibility index (Phi) is 5.85. The highest BCUT2D eigenvalue weighted by molar-refractivity contribution is 5.84. The summed E-state index contributed by atoms with van der Waals surface area (Å²) >= 11 is 0. The first-order valence-corrected chi connectivity index (χ1v) is 10.7. The molecule has 3 aliphatic rings. The number of nitrogens with zero attached hydrogens (tertiary/aromatic N) is 3. The highest BCUT2D eigenvalue weighted by atomic mass is 16.2. The van der Waals surface area contributed by atoms with Gasteiger partial charge in [0.2, 0.25) is 5.91 Å². The summed E-state index contributed by atoms with van der Waals surface area (Å²) in [7, 11) is 0. The van der Waals surface area contributed by atoms with Crippen molar-refractivity contribution in [1.82, 2.24) is 20.0 Å². The molecule has 0 spiro atoms. The lowest BCUT2D eigenvalue weighted by molar-refractivity contribution is -0.132. The Bertz CT molecular complexity index is 701. The highest BCUT2D eigenvalue weighted by Gasteiger charge is 2.38. The second kappa shape index (κ2) is 8.52. The number of urea groups is 1. The molecule has 0 aromatic heterocycles. The maximum absolute atomic E-state index is 12.8. The molecule has 1 N–H and O–H groups in total. The van der Waals surface area contributed by atoms with Crippen LogP contribution in [0, 0.1) is 12.8 Å². The number of carbonyl (C=O) groups is 2. The number of hydrogen-bond acceptors (Lipinski definition) is 3. The normalized spacial score (nSPS) is 23.8. The number of likely N-dealkylation sites (tertiary alicyclic amines) is 1. The Morgan fingerprint density at radius 1 is 1.04 bits per heavy atom. The van der Waals surface area contributed by atoms with Crippen molar-refractivity contribution in [2.75, 3.05) is 39.3 Å². The predicted octanol–water partition coefficient (Wildman–Crippen LogP) is 2.22. The molecule has 6 nitrogen and oxygen atoms in total. The smallest absolute Gasteiger partial charge is 0.317 e. The van der Waals surface area contributed by atoms with Crippen LogP contribution in [0.15, 0.2) is 24.3 Å². The number of aryl methyl sites for hydroxylation is 1. The van der Waals surface area contributed by atoms with E-state index in [4.69, 9.17) is 0 Å². The topological polar surface area (TPSA) is 55.9 Å². The lowest BCUT2D eigenvalue weighted by Gasteiger charge is -2.26. The zero-order chi connectivity index (χ0) is 19.5. The van der Waals surface area contributed by atoms with Crippen LogP contribution in [-0.2, 0) is 11.3 Å². The lowest BCUT2D eigenvalue weighted by atomic mass is 10.1. The SMILES string of the molecule is Cc1ccc(CNC(=O)N2CCCN([C@@H]3CCN(CC4CC4)C3=O)CC2)cc1. The zero-order valence-corrected chi connectivity index (χ0v) is 16.9. The summed E-state index contributed by atoms with van der Waals surface area (Å²) in [5, 5.41) is 3.04. The van der Waals surface area contributed by atoms with Gasteiger partial charge in [-0.15, -0.1) is 0 Å². The monoisotopic (exact) mass is 384 g/mol. The third kappa shape index (κ3) is 4.66. The second-order valence-corrected chi connectivity index (χ2v) is 8.55. The molecule has 2 aliphatic heterocycles. The van der Waals surface area contributed by atoms with E-state index in [-0.39, 0.29) is 12.1 Å². The van der Waals surface area contributed by atoms with Crippen LogP contribution in [0.5, 0.6) is 0 Å². The standard InChI is InChI=1S/C22H32N4O2/c1-17-3-5-18(6-4-17)15-23-22(28)25-11-2-10-24(13-14-25)20-9-12-26(21(20)27)16-19-7-8-19/h3-6,19-20H,2,7-16H2,1H3,(H,23,28)/t20-/m1/s1. The molecule has 1 aromatic carbocycles. The molecule has 2 heterocycles. The van der Waals surface area contributed by atoms with Crippen molar-refractivity contribution in [2.24, 2.45) is 5.92 Å². The van der Waals surface area contributed by atoms with Gasteiger partial charge in [0.05, 0.1) is 6.04 Å². The van der Waals surface area contributed by atoms with Crippen LogP contribution >= 0.6 is 0 Å². The molecule has 0 unspecified atom stereocenters. The zero-order valence-electron chi connectivity index (χ0n) is 16.9. The molecule has 1 atom stereocenters. The molecule has 3 fully saturated rings. The first kappa shape index (κ1) is 19.2. The quantitative estimate of drug-likeness (QED) is 0.847. The van der Waals surface area contributed by atoms with Gasteiger partial charge in [0.25, 0.3) is 0 Å². The molecule has 152 valence electrons. The van der Waals surface area contributed by atoms with Gasteiger partial charge in [-0.2, -0.15) is 0 Å². The van der Waals surface area contributed by atoms with Crippen LogP contribution in [0.2, 0.25) is 0 Å². The fraction of sp³-hybridized carbons (Fsp3) is 0.636. The molecular formula is C22H32N4O2. The van der Waals surface area contributed by atoms with Crippen molar-refractivity contribution < 1.29 is 9.59 Å². The Morgan fingerprint density at radius 3 is 2.57 bits per heavy atom. The van der Waals surface area contributed by atoms with E-state index >= 15 is 0 Å². The summed E-state index contributed by atoms with van der Waals surface area (Å²) < 4.78 is 0. The van der Waals surface area contributed by atoms with Crippen LogP contribution < -0.4 is 5.32 Å². The molecule has 1 aliphatic carbocycles. The van der Waals surface area contributed by atoms with Gasteiger partial charge in [-0.05, 0) is 44.1 Å². The van der Waals surface area contributed by atoms with E-state index in [1.54, 1.807) is 0 Å². The van der Waals surface area contributed by atoms with Gasteiger partial charge in [-0.3, -0.25) is 9.69 Å². The minimum atomic E-state index is -0.00414. The van der Waals surface area contributed by atoms with E-state index in [1.165, 1.54) is 18.4 Å². The summed E-state index contributed by atoms with van der Waals surface area (Å²) in [4.78, 5) is 31.6. The molecule has 3 amide bonds. The van der Waals surface area contributed by atoms with E-state index < -0.39 is 0 Å². The fourth-order valence-electron chi connectivity index (χ4n) is 4.30.